The number of rotatable bonds is 5. The van der Waals surface area contributed by atoms with Gasteiger partial charge in [0.05, 0.1) is 0 Å². The molecular weight excluding hydrogens is 290 g/mol. The Balaban J connectivity index is 1.65. The van der Waals surface area contributed by atoms with Crippen molar-refractivity contribution in [3.8, 4) is 0 Å². The number of benzene rings is 1. The van der Waals surface area contributed by atoms with Gasteiger partial charge in [-0.25, -0.2) is 4.98 Å². The van der Waals surface area contributed by atoms with Crippen LogP contribution in [-0.2, 0) is 11.3 Å². The summed E-state index contributed by atoms with van der Waals surface area (Å²) in [6.45, 7) is 0.190. The Labute approximate surface area is 136 Å². The zero-order valence-electron chi connectivity index (χ0n) is 13.2. The standard InChI is InChI=1S/C18H23N3O2/c22-16(20-15-9-5-2-6-10-15)13-21-12-11-19-18(21)17(23)14-7-3-1-4-8-14/h1,3-4,7-8,11-12,15,17,23H,2,5-6,9-10,13H2,(H,20,22)/t17-/m1/s1. The molecule has 5 heteroatoms. The van der Waals surface area contributed by atoms with Gasteiger partial charge in [-0.3, -0.25) is 4.79 Å². The average Bonchev–Trinajstić information content (AvgIpc) is 3.03. The Morgan fingerprint density at radius 3 is 2.74 bits per heavy atom. The maximum absolute atomic E-state index is 12.2. The normalized spacial score (nSPS) is 16.9. The Hall–Kier alpha value is -2.14. The van der Waals surface area contributed by atoms with Crippen molar-refractivity contribution >= 4 is 5.91 Å². The summed E-state index contributed by atoms with van der Waals surface area (Å²) in [6.07, 6.45) is 8.30. The summed E-state index contributed by atoms with van der Waals surface area (Å²) in [5.74, 6) is 0.478. The second-order valence-electron chi connectivity index (χ2n) is 6.13. The van der Waals surface area contributed by atoms with E-state index in [9.17, 15) is 9.90 Å². The molecule has 3 rings (SSSR count). The van der Waals surface area contributed by atoms with Crippen molar-refractivity contribution in [3.05, 3.63) is 54.1 Å². The average molecular weight is 313 g/mol. The van der Waals surface area contributed by atoms with Crippen molar-refractivity contribution in [1.82, 2.24) is 14.9 Å². The van der Waals surface area contributed by atoms with Crippen LogP contribution < -0.4 is 5.32 Å². The number of hydrogen-bond donors (Lipinski definition) is 2. The van der Waals surface area contributed by atoms with E-state index in [2.05, 4.69) is 10.3 Å². The van der Waals surface area contributed by atoms with E-state index in [1.54, 1.807) is 17.0 Å². The van der Waals surface area contributed by atoms with E-state index in [1.165, 1.54) is 19.3 Å². The van der Waals surface area contributed by atoms with Crippen LogP contribution in [0.3, 0.4) is 0 Å². The first-order valence-corrected chi connectivity index (χ1v) is 8.27. The molecule has 1 aliphatic rings. The maximum atomic E-state index is 12.2. The van der Waals surface area contributed by atoms with Gasteiger partial charge in [-0.15, -0.1) is 0 Å². The van der Waals surface area contributed by atoms with Crippen molar-refractivity contribution in [2.75, 3.05) is 0 Å². The Morgan fingerprint density at radius 2 is 2.00 bits per heavy atom. The summed E-state index contributed by atoms with van der Waals surface area (Å²) in [5.41, 5.74) is 0.771. The van der Waals surface area contributed by atoms with E-state index in [4.69, 9.17) is 0 Å². The first kappa shape index (κ1) is 15.7. The molecule has 0 bridgehead atoms. The molecule has 0 radical (unpaired) electrons. The molecule has 1 aromatic carbocycles. The lowest BCUT2D eigenvalue weighted by molar-refractivity contribution is -0.122. The zero-order chi connectivity index (χ0) is 16.1. The van der Waals surface area contributed by atoms with Crippen LogP contribution in [0.5, 0.6) is 0 Å². The van der Waals surface area contributed by atoms with E-state index in [0.29, 0.717) is 11.9 Å². The minimum atomic E-state index is -0.825. The molecular formula is C18H23N3O2. The molecule has 0 saturated heterocycles. The minimum Gasteiger partial charge on any atom is -0.380 e. The second kappa shape index (κ2) is 7.42. The lowest BCUT2D eigenvalue weighted by Crippen LogP contribution is -2.38. The number of carbonyl (C=O) groups is 1. The number of aliphatic hydroxyl groups excluding tert-OH is 1. The fourth-order valence-corrected chi connectivity index (χ4v) is 3.16. The van der Waals surface area contributed by atoms with Gasteiger partial charge in [-0.2, -0.15) is 0 Å². The lowest BCUT2D eigenvalue weighted by atomic mass is 9.95. The summed E-state index contributed by atoms with van der Waals surface area (Å²) >= 11 is 0. The van der Waals surface area contributed by atoms with Gasteiger partial charge in [-0.1, -0.05) is 49.6 Å². The summed E-state index contributed by atoms with van der Waals surface area (Å²) in [4.78, 5) is 16.5. The van der Waals surface area contributed by atoms with Crippen LogP contribution >= 0.6 is 0 Å². The third kappa shape index (κ3) is 3.99. The van der Waals surface area contributed by atoms with Crippen molar-refractivity contribution < 1.29 is 9.90 Å². The first-order valence-electron chi connectivity index (χ1n) is 8.27. The topological polar surface area (TPSA) is 67.2 Å². The van der Waals surface area contributed by atoms with Gasteiger partial charge < -0.3 is 15.0 Å². The molecule has 5 nitrogen and oxygen atoms in total. The SMILES string of the molecule is O=C(Cn1ccnc1[C@H](O)c1ccccc1)NC1CCCCC1. The molecule has 1 aromatic heterocycles. The summed E-state index contributed by atoms with van der Waals surface area (Å²) in [6, 6.07) is 9.66. The molecule has 2 aromatic rings. The van der Waals surface area contributed by atoms with Gasteiger partial charge in [-0.05, 0) is 18.4 Å². The summed E-state index contributed by atoms with van der Waals surface area (Å²) in [5, 5.41) is 13.6. The van der Waals surface area contributed by atoms with Gasteiger partial charge in [0.25, 0.3) is 0 Å². The molecule has 0 spiro atoms. The number of carbonyl (C=O) groups excluding carboxylic acids is 1. The molecule has 2 N–H and O–H groups in total. The van der Waals surface area contributed by atoms with Gasteiger partial charge in [0.1, 0.15) is 18.5 Å². The third-order valence-corrected chi connectivity index (χ3v) is 4.39. The molecule has 122 valence electrons. The quantitative estimate of drug-likeness (QED) is 0.891. The van der Waals surface area contributed by atoms with Crippen LogP contribution in [0.15, 0.2) is 42.7 Å². The highest BCUT2D eigenvalue weighted by Gasteiger charge is 2.19. The van der Waals surface area contributed by atoms with Gasteiger partial charge in [0, 0.05) is 18.4 Å². The fraction of sp³-hybridized carbons (Fsp3) is 0.444. The first-order chi connectivity index (χ1) is 11.2. The van der Waals surface area contributed by atoms with Crippen LogP contribution in [0.1, 0.15) is 49.6 Å². The highest BCUT2D eigenvalue weighted by atomic mass is 16.3. The Kier molecular flexibility index (Phi) is 5.08. The zero-order valence-corrected chi connectivity index (χ0v) is 13.2. The maximum Gasteiger partial charge on any atom is 0.240 e. The third-order valence-electron chi connectivity index (χ3n) is 4.39. The molecule has 1 heterocycles. The van der Waals surface area contributed by atoms with E-state index < -0.39 is 6.10 Å². The number of imidazole rings is 1. The van der Waals surface area contributed by atoms with Crippen molar-refractivity contribution in [3.63, 3.8) is 0 Å². The molecule has 1 saturated carbocycles. The number of nitrogens with zero attached hydrogens (tertiary/aromatic N) is 2. The van der Waals surface area contributed by atoms with Gasteiger partial charge in [0.2, 0.25) is 5.91 Å². The second-order valence-corrected chi connectivity index (χ2v) is 6.13. The Bertz CT molecular complexity index is 633. The smallest absolute Gasteiger partial charge is 0.240 e. The van der Waals surface area contributed by atoms with Crippen molar-refractivity contribution in [2.45, 2.75) is 50.8 Å². The van der Waals surface area contributed by atoms with Gasteiger partial charge >= 0.3 is 0 Å². The Morgan fingerprint density at radius 1 is 1.26 bits per heavy atom. The minimum absolute atomic E-state index is 0.0172. The van der Waals surface area contributed by atoms with E-state index in [1.807, 2.05) is 30.3 Å². The summed E-state index contributed by atoms with van der Waals surface area (Å²) < 4.78 is 1.72. The number of amides is 1. The van der Waals surface area contributed by atoms with Crippen LogP contribution in [0.25, 0.3) is 0 Å². The largest absolute Gasteiger partial charge is 0.380 e. The number of hydrogen-bond acceptors (Lipinski definition) is 3. The molecule has 0 aliphatic heterocycles. The lowest BCUT2D eigenvalue weighted by Gasteiger charge is -2.23. The predicted octanol–water partition coefficient (Wildman–Crippen LogP) is 2.41. The molecule has 1 amide bonds. The van der Waals surface area contributed by atoms with Gasteiger partial charge in [0.15, 0.2) is 0 Å². The van der Waals surface area contributed by atoms with Crippen LogP contribution in [0.4, 0.5) is 0 Å². The number of aliphatic hydroxyl groups is 1. The molecule has 1 aliphatic carbocycles. The van der Waals surface area contributed by atoms with Crippen molar-refractivity contribution in [2.24, 2.45) is 0 Å². The fourth-order valence-electron chi connectivity index (χ4n) is 3.16. The van der Waals surface area contributed by atoms with E-state index in [0.717, 1.165) is 18.4 Å². The number of nitrogens with one attached hydrogen (secondary N) is 1. The van der Waals surface area contributed by atoms with E-state index >= 15 is 0 Å². The summed E-state index contributed by atoms with van der Waals surface area (Å²) in [7, 11) is 0. The van der Waals surface area contributed by atoms with E-state index in [-0.39, 0.29) is 12.5 Å². The molecule has 0 unspecified atom stereocenters. The predicted molar refractivity (Wildman–Crippen MR) is 87.7 cm³/mol. The highest BCUT2D eigenvalue weighted by molar-refractivity contribution is 5.76. The van der Waals surface area contributed by atoms with Crippen LogP contribution in [0.2, 0.25) is 0 Å². The highest BCUT2D eigenvalue weighted by Crippen LogP contribution is 2.20. The van der Waals surface area contributed by atoms with Crippen LogP contribution in [0, 0.1) is 0 Å². The number of aromatic nitrogens is 2. The molecule has 1 fully saturated rings. The monoisotopic (exact) mass is 313 g/mol. The van der Waals surface area contributed by atoms with Crippen LogP contribution in [-0.4, -0.2) is 26.6 Å². The molecule has 23 heavy (non-hydrogen) atoms. The van der Waals surface area contributed by atoms with Crippen molar-refractivity contribution in [1.29, 1.82) is 0 Å². The molecule has 1 atom stereocenters.